The van der Waals surface area contributed by atoms with Crippen LogP contribution in [0.25, 0.3) is 12.2 Å². The molecule has 0 aliphatic rings. The molecule has 0 saturated carbocycles. The fourth-order valence-electron chi connectivity index (χ4n) is 5.20. The van der Waals surface area contributed by atoms with Crippen LogP contribution in [0.1, 0.15) is 22.3 Å². The molecule has 0 fully saturated rings. The summed E-state index contributed by atoms with van der Waals surface area (Å²) in [7, 11) is -17.9. The van der Waals surface area contributed by atoms with Gasteiger partial charge in [0.1, 0.15) is 31.1 Å². The minimum Gasteiger partial charge on any atom is -0.379 e. The lowest BCUT2D eigenvalue weighted by Crippen LogP contribution is -2.09. The van der Waals surface area contributed by atoms with Gasteiger partial charge in [-0.15, -0.1) is 0 Å². The van der Waals surface area contributed by atoms with Crippen molar-refractivity contribution in [1.82, 2.24) is 0 Å². The molecule has 6 aromatic carbocycles. The van der Waals surface area contributed by atoms with Gasteiger partial charge in [0.2, 0.25) is 0 Å². The van der Waals surface area contributed by atoms with Crippen LogP contribution in [0.15, 0.2) is 173 Å². The maximum absolute atomic E-state index is 12.6. The van der Waals surface area contributed by atoms with E-state index in [1.54, 1.807) is 24.3 Å². The normalized spacial score (nSPS) is 12.7. The van der Waals surface area contributed by atoms with Crippen LogP contribution in [-0.4, -0.2) is 42.8 Å². The number of azo groups is 2. The van der Waals surface area contributed by atoms with Crippen LogP contribution in [-0.2, 0) is 40.5 Å². The van der Waals surface area contributed by atoms with Crippen molar-refractivity contribution >= 4 is 75.4 Å². The van der Waals surface area contributed by atoms with Crippen molar-refractivity contribution in [2.75, 3.05) is 0 Å². The first-order valence-electron chi connectivity index (χ1n) is 17.2. The van der Waals surface area contributed by atoms with E-state index in [9.17, 15) is 42.8 Å². The first-order chi connectivity index (χ1) is 28.2. The molecule has 16 nitrogen and oxygen atoms in total. The van der Waals surface area contributed by atoms with E-state index in [1.165, 1.54) is 109 Å². The molecule has 0 unspecified atom stereocenters. The highest BCUT2D eigenvalue weighted by atomic mass is 32.2. The van der Waals surface area contributed by atoms with Gasteiger partial charge in [0, 0.05) is 0 Å². The highest BCUT2D eigenvalue weighted by Gasteiger charge is 2.20. The van der Waals surface area contributed by atoms with Gasteiger partial charge in [-0.25, -0.2) is 0 Å². The minimum atomic E-state index is -4.86. The molecule has 0 saturated heterocycles. The van der Waals surface area contributed by atoms with E-state index in [4.69, 9.17) is 8.37 Å². The number of nitrogens with zero attached hydrogens (tertiary/aromatic N) is 4. The summed E-state index contributed by atoms with van der Waals surface area (Å²) < 4.78 is 130. The Hall–Kier alpha value is -6.42. The van der Waals surface area contributed by atoms with Crippen LogP contribution in [0, 0.1) is 13.8 Å². The van der Waals surface area contributed by atoms with Crippen LogP contribution in [0.4, 0.5) is 22.7 Å². The van der Waals surface area contributed by atoms with Crippen molar-refractivity contribution < 1.29 is 51.1 Å². The van der Waals surface area contributed by atoms with Gasteiger partial charge in [0.15, 0.2) is 0 Å². The van der Waals surface area contributed by atoms with E-state index < -0.39 is 50.3 Å². The molecular formula is C40H32N4O12S4. The van der Waals surface area contributed by atoms with Gasteiger partial charge in [-0.05, 0) is 122 Å². The Morgan fingerprint density at radius 2 is 0.717 bits per heavy atom. The molecule has 0 spiro atoms. The van der Waals surface area contributed by atoms with Crippen LogP contribution < -0.4 is 8.37 Å². The van der Waals surface area contributed by atoms with Crippen molar-refractivity contribution in [2.24, 2.45) is 20.5 Å². The molecule has 0 aromatic heterocycles. The summed E-state index contributed by atoms with van der Waals surface area (Å²) in [6.07, 6.45) is 2.39. The fraction of sp³-hybridized carbons (Fsp3) is 0.0500. The molecule has 308 valence electrons. The van der Waals surface area contributed by atoms with Crippen LogP contribution in [0.3, 0.4) is 0 Å². The lowest BCUT2D eigenvalue weighted by molar-refractivity contribution is 0.480. The van der Waals surface area contributed by atoms with Gasteiger partial charge in [-0.3, -0.25) is 9.11 Å². The van der Waals surface area contributed by atoms with Crippen molar-refractivity contribution in [3.8, 4) is 11.5 Å². The van der Waals surface area contributed by atoms with Crippen LogP contribution in [0.2, 0.25) is 0 Å². The van der Waals surface area contributed by atoms with E-state index in [1.807, 2.05) is 13.8 Å². The summed E-state index contributed by atoms with van der Waals surface area (Å²) in [4.78, 5) is -1.23. The monoisotopic (exact) mass is 888 g/mol. The smallest absolute Gasteiger partial charge is 0.339 e. The molecule has 0 bridgehead atoms. The molecule has 0 heterocycles. The first-order valence-corrected chi connectivity index (χ1v) is 22.9. The molecule has 0 radical (unpaired) electrons. The Balaban J connectivity index is 1.16. The van der Waals surface area contributed by atoms with E-state index in [0.717, 1.165) is 23.3 Å². The zero-order valence-electron chi connectivity index (χ0n) is 31.3. The second kappa shape index (κ2) is 17.4. The van der Waals surface area contributed by atoms with Crippen molar-refractivity contribution in [2.45, 2.75) is 33.4 Å². The minimum absolute atomic E-state index is 0.00448. The summed E-state index contributed by atoms with van der Waals surface area (Å²) >= 11 is 0. The van der Waals surface area contributed by atoms with Crippen LogP contribution >= 0.6 is 0 Å². The fourth-order valence-corrected chi connectivity index (χ4v) is 8.47. The molecular weight excluding hydrogens is 857 g/mol. The standard InChI is InChI=1S/C40H32N4O12S4/c1-27-3-21-37(22-4-27)59(51,52)55-35-17-13-31(14-18-35)41-43-33-11-9-29(39(25-33)57(45,46)47)7-8-30-10-12-34(26-40(30)58(48,49)50)44-42-32-15-19-36(20-16-32)56-60(53,54)38-23-5-28(2)6-24-38/h3-26H,1-2H3,(H,45,46,47)(H,48,49,50)/b8-7+,43-41+,44-42+. The molecule has 0 aliphatic heterocycles. The molecule has 2 N–H and O–H groups in total. The maximum Gasteiger partial charge on any atom is 0.339 e. The lowest BCUT2D eigenvalue weighted by atomic mass is 10.1. The number of rotatable bonds is 14. The Kier molecular flexibility index (Phi) is 12.5. The molecule has 20 heteroatoms. The average molecular weight is 889 g/mol. The Bertz CT molecular complexity index is 2890. The Morgan fingerprint density at radius 3 is 1.03 bits per heavy atom. The molecule has 6 aromatic rings. The number of hydrogen-bond acceptors (Lipinski definition) is 14. The number of benzene rings is 6. The van der Waals surface area contributed by atoms with Crippen molar-refractivity contribution in [3.63, 3.8) is 0 Å². The third kappa shape index (κ3) is 11.2. The SMILES string of the molecule is Cc1ccc(S(=O)(=O)Oc2ccc(/N=N/c3ccc(/C=C/c4ccc(/N=N/c5ccc(OS(=O)(=O)c6ccc(C)cc6)cc5)cc4S(=O)(=O)O)c(S(=O)(=O)O)c3)cc2)cc1. The van der Waals surface area contributed by atoms with Gasteiger partial charge < -0.3 is 8.37 Å². The van der Waals surface area contributed by atoms with E-state index in [2.05, 4.69) is 20.5 Å². The van der Waals surface area contributed by atoms with Gasteiger partial charge in [0.25, 0.3) is 20.2 Å². The van der Waals surface area contributed by atoms with Gasteiger partial charge in [0.05, 0.1) is 22.7 Å². The zero-order chi connectivity index (χ0) is 43.3. The maximum atomic E-state index is 12.6. The van der Waals surface area contributed by atoms with E-state index >= 15 is 0 Å². The molecule has 0 atom stereocenters. The van der Waals surface area contributed by atoms with Gasteiger partial charge in [-0.1, -0.05) is 59.7 Å². The predicted octanol–water partition coefficient (Wildman–Crippen LogP) is 9.33. The Morgan fingerprint density at radius 1 is 0.417 bits per heavy atom. The highest BCUT2D eigenvalue weighted by molar-refractivity contribution is 7.87. The molecule has 6 rings (SSSR count). The Labute approximate surface area is 346 Å². The van der Waals surface area contributed by atoms with Crippen LogP contribution in [0.5, 0.6) is 11.5 Å². The highest BCUT2D eigenvalue weighted by Crippen LogP contribution is 2.31. The van der Waals surface area contributed by atoms with Gasteiger partial charge in [-0.2, -0.15) is 54.1 Å². The largest absolute Gasteiger partial charge is 0.379 e. The average Bonchev–Trinajstić information content (AvgIpc) is 3.19. The molecule has 0 amide bonds. The lowest BCUT2D eigenvalue weighted by Gasteiger charge is -2.07. The third-order valence-electron chi connectivity index (χ3n) is 8.26. The summed E-state index contributed by atoms with van der Waals surface area (Å²) in [6.45, 7) is 3.64. The third-order valence-corrected chi connectivity index (χ3v) is 12.6. The summed E-state index contributed by atoms with van der Waals surface area (Å²) in [5.41, 5.74) is 2.13. The zero-order valence-corrected chi connectivity index (χ0v) is 34.5. The van der Waals surface area contributed by atoms with Gasteiger partial charge >= 0.3 is 20.2 Å². The topological polar surface area (TPSA) is 245 Å². The second-order valence-corrected chi connectivity index (χ2v) is 18.7. The molecule has 60 heavy (non-hydrogen) atoms. The quantitative estimate of drug-likeness (QED) is 0.0450. The predicted molar refractivity (Wildman–Crippen MR) is 221 cm³/mol. The van der Waals surface area contributed by atoms with E-state index in [-0.39, 0.29) is 55.2 Å². The van der Waals surface area contributed by atoms with E-state index in [0.29, 0.717) is 0 Å². The van der Waals surface area contributed by atoms with Crippen molar-refractivity contribution in [1.29, 1.82) is 0 Å². The first kappa shape index (κ1) is 43.2. The summed E-state index contributed by atoms with van der Waals surface area (Å²) in [6, 6.07) is 30.7. The second-order valence-electron chi connectivity index (χ2n) is 12.8. The summed E-state index contributed by atoms with van der Waals surface area (Å²) in [5.74, 6) is 0.0281. The number of hydrogen-bond donors (Lipinski definition) is 2. The summed E-state index contributed by atoms with van der Waals surface area (Å²) in [5, 5.41) is 16.1. The molecule has 0 aliphatic carbocycles. The number of aryl methyl sites for hydroxylation is 2. The van der Waals surface area contributed by atoms with Crippen molar-refractivity contribution in [3.05, 3.63) is 156 Å².